The van der Waals surface area contributed by atoms with Gasteiger partial charge in [0.15, 0.2) is 6.10 Å². The Morgan fingerprint density at radius 1 is 1.28 bits per heavy atom. The fraction of sp³-hybridized carbons (Fsp3) is 0.474. The number of nitrogens with one attached hydrogen (secondary N) is 2. The number of anilines is 2. The van der Waals surface area contributed by atoms with E-state index in [4.69, 9.17) is 0 Å². The van der Waals surface area contributed by atoms with Gasteiger partial charge in [0.2, 0.25) is 0 Å². The van der Waals surface area contributed by atoms with Gasteiger partial charge in [-0.2, -0.15) is 13.2 Å². The van der Waals surface area contributed by atoms with E-state index in [0.717, 1.165) is 24.9 Å². The van der Waals surface area contributed by atoms with Crippen LogP contribution < -0.4 is 15.5 Å². The summed E-state index contributed by atoms with van der Waals surface area (Å²) in [6.45, 7) is 3.37. The van der Waals surface area contributed by atoms with Crippen molar-refractivity contribution in [2.24, 2.45) is 0 Å². The zero-order valence-electron chi connectivity index (χ0n) is 16.8. The summed E-state index contributed by atoms with van der Waals surface area (Å²) in [5, 5.41) is 5.45. The van der Waals surface area contributed by atoms with E-state index in [-0.39, 0.29) is 34.6 Å². The summed E-state index contributed by atoms with van der Waals surface area (Å²) in [6, 6.07) is 1.74. The summed E-state index contributed by atoms with van der Waals surface area (Å²) in [5.74, 6) is -0.206. The van der Waals surface area contributed by atoms with E-state index >= 15 is 0 Å². The van der Waals surface area contributed by atoms with Gasteiger partial charge in [0, 0.05) is 25.7 Å². The largest absolute Gasteiger partial charge is 0.435 e. The number of halogens is 5. The number of amides is 1. The van der Waals surface area contributed by atoms with Crippen LogP contribution in [-0.2, 0) is 10.9 Å². The summed E-state index contributed by atoms with van der Waals surface area (Å²) in [6.07, 6.45) is -9.30. The van der Waals surface area contributed by atoms with E-state index in [9.17, 15) is 26.7 Å². The number of alkyl halides is 5. The molecule has 2 aliphatic heterocycles. The maximum Gasteiger partial charge on any atom is 0.416 e. The molecule has 1 fully saturated rings. The molecule has 0 aromatic carbocycles. The second-order valence-electron chi connectivity index (χ2n) is 7.37. The molecule has 4 rings (SSSR count). The topological polar surface area (TPSA) is 92.3 Å². The lowest BCUT2D eigenvalue weighted by atomic mass is 10.0. The van der Waals surface area contributed by atoms with Crippen molar-refractivity contribution < 1.29 is 31.5 Å². The van der Waals surface area contributed by atoms with Crippen molar-refractivity contribution in [3.8, 4) is 11.4 Å². The van der Waals surface area contributed by atoms with Gasteiger partial charge in [0.1, 0.15) is 23.7 Å². The average Bonchev–Trinajstić information content (AvgIpc) is 2.77. The summed E-state index contributed by atoms with van der Waals surface area (Å²) in [7, 11) is 0. The zero-order chi connectivity index (χ0) is 23.0. The van der Waals surface area contributed by atoms with Gasteiger partial charge in [0.05, 0.1) is 16.8 Å². The molecule has 0 radical (unpaired) electrons. The van der Waals surface area contributed by atoms with Crippen LogP contribution in [0.4, 0.5) is 38.4 Å². The van der Waals surface area contributed by atoms with Crippen molar-refractivity contribution in [1.29, 1.82) is 0 Å². The van der Waals surface area contributed by atoms with Gasteiger partial charge in [0.25, 0.3) is 6.43 Å². The van der Waals surface area contributed by atoms with Gasteiger partial charge in [-0.15, -0.1) is 0 Å². The molecular formula is C19H19F5N6O2. The monoisotopic (exact) mass is 458 g/mol. The molecule has 2 aromatic heterocycles. The Hall–Kier alpha value is -3.09. The molecule has 0 saturated carbocycles. The molecule has 0 unspecified atom stereocenters. The minimum absolute atomic E-state index is 0.0523. The van der Waals surface area contributed by atoms with E-state index in [2.05, 4.69) is 30.3 Å². The zero-order valence-corrected chi connectivity index (χ0v) is 16.8. The lowest BCUT2D eigenvalue weighted by Crippen LogP contribution is -2.50. The standard InChI is InChI=1S/C19H19F5N6O2/c1-2-10-7-30(4-3-25-10)12-6-9(19(22,23)24)5-11(28-12)14-13-15(16(20)21)32-18(31)29-17(13)27-8-26-14/h5-6,8,10,15-16,25H,2-4,7H2,1H3,(H,26,27,29,31)/t10-,15+/m0/s1. The number of carbonyl (C=O) groups is 1. The first-order valence-electron chi connectivity index (χ1n) is 9.86. The Labute approximate surface area is 179 Å². The number of rotatable bonds is 4. The van der Waals surface area contributed by atoms with Gasteiger partial charge in [-0.1, -0.05) is 6.92 Å². The number of nitrogens with zero attached hydrogens (tertiary/aromatic N) is 4. The number of pyridine rings is 1. The molecule has 2 aromatic rings. The van der Waals surface area contributed by atoms with E-state index in [0.29, 0.717) is 19.6 Å². The van der Waals surface area contributed by atoms with Gasteiger partial charge >= 0.3 is 12.3 Å². The van der Waals surface area contributed by atoms with E-state index in [1.165, 1.54) is 0 Å². The maximum atomic E-state index is 13.7. The normalized spacial score (nSPS) is 21.2. The smallest absolute Gasteiger partial charge is 0.416 e. The number of ether oxygens (including phenoxy) is 1. The third-order valence-corrected chi connectivity index (χ3v) is 5.31. The van der Waals surface area contributed by atoms with Crippen LogP contribution in [0.1, 0.15) is 30.6 Å². The minimum atomic E-state index is -4.70. The molecule has 0 bridgehead atoms. The number of hydrogen-bond acceptors (Lipinski definition) is 7. The quantitative estimate of drug-likeness (QED) is 0.677. The summed E-state index contributed by atoms with van der Waals surface area (Å²) in [5.41, 5.74) is -1.86. The van der Waals surface area contributed by atoms with E-state index in [1.54, 1.807) is 4.90 Å². The van der Waals surface area contributed by atoms with Crippen LogP contribution in [0.5, 0.6) is 0 Å². The first kappa shape index (κ1) is 22.1. The lowest BCUT2D eigenvalue weighted by molar-refractivity contribution is -0.137. The highest BCUT2D eigenvalue weighted by Crippen LogP contribution is 2.41. The molecule has 13 heteroatoms. The number of cyclic esters (lactones) is 1. The van der Waals surface area contributed by atoms with Gasteiger partial charge in [-0.05, 0) is 18.6 Å². The van der Waals surface area contributed by atoms with Crippen molar-refractivity contribution in [3.05, 3.63) is 29.6 Å². The maximum absolute atomic E-state index is 13.7. The van der Waals surface area contributed by atoms with Crippen LogP contribution in [0.2, 0.25) is 0 Å². The van der Waals surface area contributed by atoms with Gasteiger partial charge < -0.3 is 15.0 Å². The van der Waals surface area contributed by atoms with Crippen LogP contribution in [0.3, 0.4) is 0 Å². The Morgan fingerprint density at radius 2 is 2.06 bits per heavy atom. The van der Waals surface area contributed by atoms with Crippen molar-refractivity contribution in [1.82, 2.24) is 20.3 Å². The van der Waals surface area contributed by atoms with Crippen LogP contribution in [0, 0.1) is 0 Å². The molecule has 2 N–H and O–H groups in total. The second-order valence-corrected chi connectivity index (χ2v) is 7.37. The molecule has 1 saturated heterocycles. The molecule has 32 heavy (non-hydrogen) atoms. The third kappa shape index (κ3) is 4.29. The fourth-order valence-corrected chi connectivity index (χ4v) is 3.72. The van der Waals surface area contributed by atoms with Gasteiger partial charge in [-0.3, -0.25) is 5.32 Å². The molecule has 8 nitrogen and oxygen atoms in total. The molecule has 2 atom stereocenters. The van der Waals surface area contributed by atoms with Crippen molar-refractivity contribution in [3.63, 3.8) is 0 Å². The van der Waals surface area contributed by atoms with E-state index < -0.39 is 30.4 Å². The molecule has 2 aliphatic rings. The molecule has 0 spiro atoms. The highest BCUT2D eigenvalue weighted by atomic mass is 19.4. The molecule has 1 amide bonds. The predicted octanol–water partition coefficient (Wildman–Crippen LogP) is 3.61. The molecular weight excluding hydrogens is 439 g/mol. The highest BCUT2D eigenvalue weighted by Gasteiger charge is 2.39. The predicted molar refractivity (Wildman–Crippen MR) is 103 cm³/mol. The summed E-state index contributed by atoms with van der Waals surface area (Å²) < 4.78 is 72.9. The second kappa shape index (κ2) is 8.45. The number of hydrogen-bond donors (Lipinski definition) is 2. The third-order valence-electron chi connectivity index (χ3n) is 5.31. The van der Waals surface area contributed by atoms with Crippen molar-refractivity contribution in [2.75, 3.05) is 29.9 Å². The lowest BCUT2D eigenvalue weighted by Gasteiger charge is -2.34. The van der Waals surface area contributed by atoms with Crippen LogP contribution in [0.25, 0.3) is 11.4 Å². The number of aromatic nitrogens is 3. The first-order chi connectivity index (χ1) is 15.2. The number of carbonyl (C=O) groups excluding carboxylic acids is 1. The first-order valence-corrected chi connectivity index (χ1v) is 9.86. The van der Waals surface area contributed by atoms with Crippen molar-refractivity contribution >= 4 is 17.7 Å². The number of piperazine rings is 1. The minimum Gasteiger partial charge on any atom is -0.435 e. The van der Waals surface area contributed by atoms with Crippen LogP contribution >= 0.6 is 0 Å². The number of fused-ring (bicyclic) bond motifs is 1. The molecule has 0 aliphatic carbocycles. The van der Waals surface area contributed by atoms with Crippen LogP contribution in [-0.4, -0.2) is 53.1 Å². The van der Waals surface area contributed by atoms with Crippen LogP contribution in [0.15, 0.2) is 18.5 Å². The highest BCUT2D eigenvalue weighted by molar-refractivity contribution is 5.88. The summed E-state index contributed by atoms with van der Waals surface area (Å²) in [4.78, 5) is 25.3. The Bertz CT molecular complexity index is 1020. The summed E-state index contributed by atoms with van der Waals surface area (Å²) >= 11 is 0. The average molecular weight is 458 g/mol. The molecule has 4 heterocycles. The Balaban J connectivity index is 1.86. The van der Waals surface area contributed by atoms with Gasteiger partial charge in [-0.25, -0.2) is 28.5 Å². The SMILES string of the molecule is CC[C@H]1CN(c2cc(C(F)(F)F)cc(-c3ncnc4c3[C@H](C(F)F)OC(=O)N4)n2)CCN1. The van der Waals surface area contributed by atoms with Crippen molar-refractivity contribution in [2.45, 2.75) is 38.1 Å². The molecule has 172 valence electrons. The Morgan fingerprint density at radius 3 is 2.75 bits per heavy atom. The van der Waals surface area contributed by atoms with E-state index in [1.807, 2.05) is 6.92 Å². The Kier molecular flexibility index (Phi) is 5.84. The fourth-order valence-electron chi connectivity index (χ4n) is 3.72.